The van der Waals surface area contributed by atoms with Crippen LogP contribution in [0.2, 0.25) is 0 Å². The molecule has 3 nitrogen and oxygen atoms in total. The molecule has 0 aliphatic rings. The highest BCUT2D eigenvalue weighted by atomic mass is 16.7. The van der Waals surface area contributed by atoms with Crippen LogP contribution in [0.4, 0.5) is 0 Å². The number of methoxy groups -OCH3 is 2. The van der Waals surface area contributed by atoms with Crippen molar-refractivity contribution in [1.29, 1.82) is 0 Å². The zero-order valence-corrected chi connectivity index (χ0v) is 10.6. The van der Waals surface area contributed by atoms with Crippen LogP contribution in [0.5, 0.6) is 0 Å². The van der Waals surface area contributed by atoms with E-state index in [1.807, 2.05) is 0 Å². The van der Waals surface area contributed by atoms with Gasteiger partial charge in [0.2, 0.25) is 0 Å². The van der Waals surface area contributed by atoms with Gasteiger partial charge in [-0.3, -0.25) is 0 Å². The van der Waals surface area contributed by atoms with Crippen LogP contribution in [-0.2, 0) is 14.3 Å². The van der Waals surface area contributed by atoms with Crippen LogP contribution >= 0.6 is 0 Å². The second kappa shape index (κ2) is 7.83. The van der Waals surface area contributed by atoms with Crippen LogP contribution in [-0.4, -0.2) is 26.3 Å². The molecule has 0 bridgehead atoms. The summed E-state index contributed by atoms with van der Waals surface area (Å²) in [6.45, 7) is 5.99. The van der Waals surface area contributed by atoms with E-state index in [4.69, 9.17) is 9.47 Å². The molecule has 15 heavy (non-hydrogen) atoms. The van der Waals surface area contributed by atoms with Crippen LogP contribution in [0.3, 0.4) is 0 Å². The molecule has 90 valence electrons. The van der Waals surface area contributed by atoms with E-state index < -0.39 is 0 Å². The van der Waals surface area contributed by atoms with E-state index in [-0.39, 0.29) is 12.1 Å². The summed E-state index contributed by atoms with van der Waals surface area (Å²) in [5.74, 6) is 1.29. The Labute approximate surface area is 93.1 Å². The van der Waals surface area contributed by atoms with Crippen molar-refractivity contribution in [3.8, 4) is 0 Å². The highest BCUT2D eigenvalue weighted by Crippen LogP contribution is 2.23. The van der Waals surface area contributed by atoms with E-state index in [2.05, 4.69) is 13.8 Å². The van der Waals surface area contributed by atoms with Crippen molar-refractivity contribution in [2.24, 2.45) is 11.8 Å². The van der Waals surface area contributed by atoms with Crippen molar-refractivity contribution >= 4 is 5.78 Å². The maximum absolute atomic E-state index is 10.9. The van der Waals surface area contributed by atoms with Crippen molar-refractivity contribution in [2.45, 2.75) is 46.3 Å². The number of hydrogen-bond acceptors (Lipinski definition) is 3. The van der Waals surface area contributed by atoms with Gasteiger partial charge in [0.15, 0.2) is 6.29 Å². The fourth-order valence-electron chi connectivity index (χ4n) is 1.65. The Bertz CT molecular complexity index is 174. The summed E-state index contributed by atoms with van der Waals surface area (Å²) in [6.07, 6.45) is 2.29. The van der Waals surface area contributed by atoms with E-state index in [0.29, 0.717) is 18.3 Å². The maximum Gasteiger partial charge on any atom is 0.157 e. The Balaban J connectivity index is 4.08. The Morgan fingerprint density at radius 3 is 2.07 bits per heavy atom. The lowest BCUT2D eigenvalue weighted by atomic mass is 9.87. The molecule has 0 rings (SSSR count). The molecule has 0 N–H and O–H groups in total. The van der Waals surface area contributed by atoms with E-state index >= 15 is 0 Å². The Morgan fingerprint density at radius 1 is 1.20 bits per heavy atom. The maximum atomic E-state index is 10.9. The largest absolute Gasteiger partial charge is 0.356 e. The number of Topliss-reactive ketones (excluding diaryl/α,β-unsaturated/α-hetero) is 1. The fraction of sp³-hybridized carbons (Fsp3) is 0.917. The topological polar surface area (TPSA) is 35.5 Å². The number of carbonyl (C=O) groups is 1. The third-order valence-corrected chi connectivity index (χ3v) is 2.83. The molecule has 0 aromatic heterocycles. The average molecular weight is 216 g/mol. The Hall–Kier alpha value is -0.410. The molecule has 1 atom stereocenters. The predicted molar refractivity (Wildman–Crippen MR) is 60.7 cm³/mol. The van der Waals surface area contributed by atoms with Gasteiger partial charge >= 0.3 is 0 Å². The van der Waals surface area contributed by atoms with Gasteiger partial charge in [-0.2, -0.15) is 0 Å². The molecule has 0 spiro atoms. The molecule has 0 aromatic rings. The number of ether oxygens (including phenoxy) is 2. The molecule has 0 unspecified atom stereocenters. The van der Waals surface area contributed by atoms with Crippen LogP contribution in [0.15, 0.2) is 0 Å². The highest BCUT2D eigenvalue weighted by Gasteiger charge is 2.19. The summed E-state index contributed by atoms with van der Waals surface area (Å²) in [5.41, 5.74) is 0. The van der Waals surface area contributed by atoms with Gasteiger partial charge < -0.3 is 14.3 Å². The minimum absolute atomic E-state index is 0.149. The highest BCUT2D eigenvalue weighted by molar-refractivity contribution is 5.75. The van der Waals surface area contributed by atoms with Gasteiger partial charge in [-0.25, -0.2) is 0 Å². The molecule has 0 radical (unpaired) electrons. The number of carbonyl (C=O) groups excluding carboxylic acids is 1. The molecule has 0 aromatic carbocycles. The van der Waals surface area contributed by atoms with Crippen molar-refractivity contribution < 1.29 is 14.3 Å². The standard InChI is InChI=1S/C12H24O3/c1-9(2)11(7-6-10(3)13)8-12(14-4)15-5/h9,11-12H,6-8H2,1-5H3/t11-/m1/s1. The zero-order chi connectivity index (χ0) is 11.8. The first kappa shape index (κ1) is 14.6. The average Bonchev–Trinajstić information content (AvgIpc) is 2.17. The predicted octanol–water partition coefficient (Wildman–Crippen LogP) is 2.64. The summed E-state index contributed by atoms with van der Waals surface area (Å²) in [6, 6.07) is 0. The van der Waals surface area contributed by atoms with Crippen LogP contribution in [0.1, 0.15) is 40.0 Å². The SMILES string of the molecule is COC(C[C@@H](CCC(C)=O)C(C)C)OC. The monoisotopic (exact) mass is 216 g/mol. The summed E-state index contributed by atoms with van der Waals surface area (Å²) in [5, 5.41) is 0. The Morgan fingerprint density at radius 2 is 1.73 bits per heavy atom. The molecule has 0 amide bonds. The van der Waals surface area contributed by atoms with Crippen LogP contribution in [0, 0.1) is 11.8 Å². The smallest absolute Gasteiger partial charge is 0.157 e. The first-order chi connectivity index (χ1) is 7.01. The van der Waals surface area contributed by atoms with Crippen molar-refractivity contribution in [2.75, 3.05) is 14.2 Å². The van der Waals surface area contributed by atoms with Gasteiger partial charge in [-0.05, 0) is 25.2 Å². The molecule has 0 saturated heterocycles. The summed E-state index contributed by atoms with van der Waals surface area (Å²) < 4.78 is 10.4. The molecule has 3 heteroatoms. The first-order valence-corrected chi connectivity index (χ1v) is 5.56. The van der Waals surface area contributed by atoms with Crippen molar-refractivity contribution in [3.63, 3.8) is 0 Å². The van der Waals surface area contributed by atoms with Crippen LogP contribution in [0.25, 0.3) is 0 Å². The third-order valence-electron chi connectivity index (χ3n) is 2.83. The summed E-state index contributed by atoms with van der Waals surface area (Å²) in [4.78, 5) is 10.9. The number of ketones is 1. The molecule has 0 saturated carbocycles. The van der Waals surface area contributed by atoms with Gasteiger partial charge in [0.25, 0.3) is 0 Å². The second-order valence-electron chi connectivity index (χ2n) is 4.38. The van der Waals surface area contributed by atoms with E-state index in [1.165, 1.54) is 0 Å². The number of hydrogen-bond donors (Lipinski definition) is 0. The minimum Gasteiger partial charge on any atom is -0.356 e. The van der Waals surface area contributed by atoms with Crippen LogP contribution < -0.4 is 0 Å². The van der Waals surface area contributed by atoms with Crippen molar-refractivity contribution in [3.05, 3.63) is 0 Å². The fourth-order valence-corrected chi connectivity index (χ4v) is 1.65. The zero-order valence-electron chi connectivity index (χ0n) is 10.6. The van der Waals surface area contributed by atoms with E-state index in [9.17, 15) is 4.79 Å². The van der Waals surface area contributed by atoms with E-state index in [0.717, 1.165) is 12.8 Å². The molecular formula is C12H24O3. The first-order valence-electron chi connectivity index (χ1n) is 5.56. The minimum atomic E-state index is -0.149. The van der Waals surface area contributed by atoms with Crippen molar-refractivity contribution in [1.82, 2.24) is 0 Å². The molecule has 0 fully saturated rings. The molecular weight excluding hydrogens is 192 g/mol. The summed E-state index contributed by atoms with van der Waals surface area (Å²) >= 11 is 0. The Kier molecular flexibility index (Phi) is 7.61. The quantitative estimate of drug-likeness (QED) is 0.585. The lowest BCUT2D eigenvalue weighted by molar-refractivity contribution is -0.121. The van der Waals surface area contributed by atoms with Gasteiger partial charge in [0.05, 0.1) is 0 Å². The number of rotatable bonds is 8. The van der Waals surface area contributed by atoms with E-state index in [1.54, 1.807) is 21.1 Å². The molecule has 0 aliphatic carbocycles. The summed E-state index contributed by atoms with van der Waals surface area (Å²) in [7, 11) is 3.30. The molecule has 0 aliphatic heterocycles. The normalized spacial score (nSPS) is 13.5. The van der Waals surface area contributed by atoms with Gasteiger partial charge in [0.1, 0.15) is 5.78 Å². The van der Waals surface area contributed by atoms with Gasteiger partial charge in [-0.15, -0.1) is 0 Å². The second-order valence-corrected chi connectivity index (χ2v) is 4.38. The van der Waals surface area contributed by atoms with Gasteiger partial charge in [0, 0.05) is 27.1 Å². The van der Waals surface area contributed by atoms with Gasteiger partial charge in [-0.1, -0.05) is 13.8 Å². The lowest BCUT2D eigenvalue weighted by Crippen LogP contribution is -2.21. The lowest BCUT2D eigenvalue weighted by Gasteiger charge is -2.24. The third kappa shape index (κ3) is 6.63. The molecule has 0 heterocycles.